The molecule has 1 saturated heterocycles. The second-order valence-electron chi connectivity index (χ2n) is 4.29. The summed E-state index contributed by atoms with van der Waals surface area (Å²) in [6.45, 7) is 0.721. The molecule has 19 heavy (non-hydrogen) atoms. The van der Waals surface area contributed by atoms with E-state index in [1.807, 2.05) is 48.5 Å². The Hall–Kier alpha value is -1.59. The lowest BCUT2D eigenvalue weighted by molar-refractivity contribution is 0.191. The van der Waals surface area contributed by atoms with Crippen LogP contribution in [0.15, 0.2) is 48.5 Å². The van der Waals surface area contributed by atoms with Gasteiger partial charge in [0.1, 0.15) is 5.75 Å². The van der Waals surface area contributed by atoms with Gasteiger partial charge in [0, 0.05) is 5.02 Å². The monoisotopic (exact) mass is 275 g/mol. The van der Waals surface area contributed by atoms with Gasteiger partial charge in [-0.1, -0.05) is 35.9 Å². The fourth-order valence-electron chi connectivity index (χ4n) is 1.93. The van der Waals surface area contributed by atoms with Crippen LogP contribution in [-0.4, -0.2) is 12.8 Å². The molecule has 2 aromatic carbocycles. The summed E-state index contributed by atoms with van der Waals surface area (Å²) < 4.78 is 5.73. The van der Waals surface area contributed by atoms with Gasteiger partial charge in [-0.25, -0.2) is 10.9 Å². The molecule has 3 rings (SSSR count). The Bertz CT molecular complexity index is 536. The van der Waals surface area contributed by atoms with Gasteiger partial charge in [-0.3, -0.25) is 0 Å². The lowest BCUT2D eigenvalue weighted by Gasteiger charge is -2.12. The molecular formula is C14H14ClN3O. The quantitative estimate of drug-likeness (QED) is 0.805. The third kappa shape index (κ3) is 3.05. The molecule has 98 valence electrons. The number of halogens is 1. The van der Waals surface area contributed by atoms with Gasteiger partial charge in [-0.05, 0) is 35.4 Å². The van der Waals surface area contributed by atoms with Crippen LogP contribution in [0.3, 0.4) is 0 Å². The Morgan fingerprint density at radius 2 is 1.58 bits per heavy atom. The molecule has 1 unspecified atom stereocenters. The highest BCUT2D eigenvalue weighted by atomic mass is 35.5. The van der Waals surface area contributed by atoms with Gasteiger partial charge in [-0.2, -0.15) is 5.53 Å². The van der Waals surface area contributed by atoms with Crippen molar-refractivity contribution in [3.63, 3.8) is 0 Å². The minimum atomic E-state index is -0.0543. The first kappa shape index (κ1) is 12.4. The molecule has 1 aliphatic heterocycles. The maximum absolute atomic E-state index is 5.88. The third-order valence-corrected chi connectivity index (χ3v) is 3.17. The van der Waals surface area contributed by atoms with E-state index in [2.05, 4.69) is 16.4 Å². The van der Waals surface area contributed by atoms with Crippen LogP contribution < -0.4 is 21.1 Å². The predicted molar refractivity (Wildman–Crippen MR) is 75.6 cm³/mol. The lowest BCUT2D eigenvalue weighted by Crippen LogP contribution is -2.36. The van der Waals surface area contributed by atoms with Gasteiger partial charge in [0.05, 0.1) is 6.54 Å². The van der Waals surface area contributed by atoms with Crippen molar-refractivity contribution >= 4 is 11.6 Å². The van der Waals surface area contributed by atoms with Crippen LogP contribution in [0, 0.1) is 0 Å². The highest BCUT2D eigenvalue weighted by Crippen LogP contribution is 2.24. The van der Waals surface area contributed by atoms with Crippen molar-refractivity contribution < 1.29 is 4.74 Å². The fourth-order valence-corrected chi connectivity index (χ4v) is 2.06. The van der Waals surface area contributed by atoms with Crippen molar-refractivity contribution in [2.24, 2.45) is 0 Å². The van der Waals surface area contributed by atoms with E-state index < -0.39 is 0 Å². The third-order valence-electron chi connectivity index (χ3n) is 2.92. The van der Waals surface area contributed by atoms with Crippen LogP contribution in [0.25, 0.3) is 11.1 Å². The van der Waals surface area contributed by atoms with E-state index in [1.54, 1.807) is 0 Å². The number of hydrogen-bond acceptors (Lipinski definition) is 4. The smallest absolute Gasteiger partial charge is 0.177 e. The molecule has 4 nitrogen and oxygen atoms in total. The molecular weight excluding hydrogens is 262 g/mol. The van der Waals surface area contributed by atoms with Gasteiger partial charge in [0.2, 0.25) is 0 Å². The molecule has 1 aliphatic rings. The van der Waals surface area contributed by atoms with Crippen molar-refractivity contribution in [1.82, 2.24) is 16.4 Å². The largest absolute Gasteiger partial charge is 0.473 e. The Kier molecular flexibility index (Phi) is 3.66. The van der Waals surface area contributed by atoms with Crippen LogP contribution in [0.2, 0.25) is 5.02 Å². The molecule has 5 heteroatoms. The SMILES string of the molecule is Clc1ccc(-c2ccc(OC3CNNN3)cc2)cc1. The van der Waals surface area contributed by atoms with Crippen LogP contribution in [0.5, 0.6) is 5.75 Å². The summed E-state index contributed by atoms with van der Waals surface area (Å²) in [4.78, 5) is 0. The van der Waals surface area contributed by atoms with E-state index in [4.69, 9.17) is 16.3 Å². The lowest BCUT2D eigenvalue weighted by atomic mass is 10.1. The molecule has 3 N–H and O–H groups in total. The van der Waals surface area contributed by atoms with E-state index in [1.165, 1.54) is 0 Å². The Balaban J connectivity index is 1.72. The summed E-state index contributed by atoms with van der Waals surface area (Å²) in [6.07, 6.45) is -0.0543. The molecule has 0 radical (unpaired) electrons. The van der Waals surface area contributed by atoms with Gasteiger partial charge in [0.15, 0.2) is 6.23 Å². The van der Waals surface area contributed by atoms with Gasteiger partial charge in [-0.15, -0.1) is 0 Å². The first-order valence-electron chi connectivity index (χ1n) is 6.07. The minimum Gasteiger partial charge on any atom is -0.473 e. The highest BCUT2D eigenvalue weighted by Gasteiger charge is 2.14. The minimum absolute atomic E-state index is 0.0543. The molecule has 0 aliphatic carbocycles. The van der Waals surface area contributed by atoms with Gasteiger partial charge < -0.3 is 4.74 Å². The normalized spacial score (nSPS) is 18.5. The Labute approximate surface area is 116 Å². The summed E-state index contributed by atoms with van der Waals surface area (Å²) in [6, 6.07) is 15.8. The number of benzene rings is 2. The fraction of sp³-hybridized carbons (Fsp3) is 0.143. The number of hydrazine groups is 2. The standard InChI is InChI=1S/C14H14ClN3O/c15-12-5-1-10(2-6-12)11-3-7-13(8-4-11)19-14-9-16-18-17-14/h1-8,14,16-18H,9H2. The molecule has 1 atom stereocenters. The van der Waals surface area contributed by atoms with E-state index in [9.17, 15) is 0 Å². The van der Waals surface area contributed by atoms with Crippen LogP contribution in [0.1, 0.15) is 0 Å². The van der Waals surface area contributed by atoms with E-state index >= 15 is 0 Å². The first-order valence-corrected chi connectivity index (χ1v) is 6.45. The van der Waals surface area contributed by atoms with E-state index in [-0.39, 0.29) is 6.23 Å². The molecule has 1 fully saturated rings. The Morgan fingerprint density at radius 1 is 0.947 bits per heavy atom. The molecule has 0 spiro atoms. The maximum Gasteiger partial charge on any atom is 0.177 e. The average Bonchev–Trinajstić information content (AvgIpc) is 2.94. The summed E-state index contributed by atoms with van der Waals surface area (Å²) in [5.74, 6) is 0.834. The van der Waals surface area contributed by atoms with E-state index in [0.717, 1.165) is 28.4 Å². The van der Waals surface area contributed by atoms with E-state index in [0.29, 0.717) is 0 Å². The zero-order valence-electron chi connectivity index (χ0n) is 10.2. The zero-order valence-corrected chi connectivity index (χ0v) is 10.9. The van der Waals surface area contributed by atoms with Crippen LogP contribution >= 0.6 is 11.6 Å². The molecule has 0 aromatic heterocycles. The molecule has 0 bridgehead atoms. The summed E-state index contributed by atoms with van der Waals surface area (Å²) in [7, 11) is 0. The molecule has 2 aromatic rings. The summed E-state index contributed by atoms with van der Waals surface area (Å²) >= 11 is 5.88. The van der Waals surface area contributed by atoms with Crippen molar-refractivity contribution in [2.45, 2.75) is 6.23 Å². The summed E-state index contributed by atoms with van der Waals surface area (Å²) in [5, 5.41) is 0.746. The summed E-state index contributed by atoms with van der Waals surface area (Å²) in [5.41, 5.74) is 11.0. The van der Waals surface area contributed by atoms with Crippen molar-refractivity contribution in [1.29, 1.82) is 0 Å². The van der Waals surface area contributed by atoms with Crippen LogP contribution in [0.4, 0.5) is 0 Å². The van der Waals surface area contributed by atoms with Gasteiger partial charge in [0.25, 0.3) is 0 Å². The van der Waals surface area contributed by atoms with Gasteiger partial charge >= 0.3 is 0 Å². The zero-order chi connectivity index (χ0) is 13.1. The average molecular weight is 276 g/mol. The predicted octanol–water partition coefficient (Wildman–Crippen LogP) is 2.32. The highest BCUT2D eigenvalue weighted by molar-refractivity contribution is 6.30. The van der Waals surface area contributed by atoms with Crippen molar-refractivity contribution in [2.75, 3.05) is 6.54 Å². The number of rotatable bonds is 3. The Morgan fingerprint density at radius 3 is 2.16 bits per heavy atom. The molecule has 0 saturated carbocycles. The first-order chi connectivity index (χ1) is 9.31. The molecule has 1 heterocycles. The maximum atomic E-state index is 5.88. The number of nitrogens with one attached hydrogen (secondary N) is 3. The van der Waals surface area contributed by atoms with Crippen molar-refractivity contribution in [3.8, 4) is 16.9 Å². The van der Waals surface area contributed by atoms with Crippen LogP contribution in [-0.2, 0) is 0 Å². The second kappa shape index (κ2) is 5.59. The number of hydrogen-bond donors (Lipinski definition) is 3. The molecule has 0 amide bonds. The van der Waals surface area contributed by atoms with Crippen molar-refractivity contribution in [3.05, 3.63) is 53.6 Å². The number of ether oxygens (including phenoxy) is 1. The topological polar surface area (TPSA) is 45.3 Å². The second-order valence-corrected chi connectivity index (χ2v) is 4.72.